The molecule has 0 spiro atoms. The molecule has 0 aliphatic carbocycles. The van der Waals surface area contributed by atoms with Crippen LogP contribution in [0.4, 0.5) is 0 Å². The summed E-state index contributed by atoms with van der Waals surface area (Å²) in [6, 6.07) is 10.7. The number of phenolic OH excluding ortho intramolecular Hbond substituents is 1. The van der Waals surface area contributed by atoms with E-state index in [0.717, 1.165) is 44.3 Å². The van der Waals surface area contributed by atoms with Crippen molar-refractivity contribution in [1.82, 2.24) is 0 Å². The Labute approximate surface area is 216 Å². The number of phenols is 1. The normalized spacial score (nSPS) is 11.2. The highest BCUT2D eigenvalue weighted by Gasteiger charge is 2.16. The Kier molecular flexibility index (Phi) is 14.6. The minimum atomic E-state index is 0.242. The summed E-state index contributed by atoms with van der Waals surface area (Å²) in [7, 11) is 0. The molecule has 0 saturated carbocycles. The van der Waals surface area contributed by atoms with Gasteiger partial charge < -0.3 is 9.84 Å². The summed E-state index contributed by atoms with van der Waals surface area (Å²) in [5, 5.41) is 10.7. The minimum absolute atomic E-state index is 0.242. The fourth-order valence-electron chi connectivity index (χ4n) is 4.78. The van der Waals surface area contributed by atoms with E-state index in [2.05, 4.69) is 52.0 Å². The maximum absolute atomic E-state index is 10.7. The number of hydrogen-bond acceptors (Lipinski definition) is 2. The average Bonchev–Trinajstić information content (AvgIpc) is 2.87. The van der Waals surface area contributed by atoms with Crippen LogP contribution >= 0.6 is 0 Å². The molecular formula is C33H52O2. The van der Waals surface area contributed by atoms with Crippen LogP contribution in [0.25, 0.3) is 0 Å². The molecule has 1 N–H and O–H groups in total. The first-order valence-electron chi connectivity index (χ1n) is 14.8. The fourth-order valence-corrected chi connectivity index (χ4v) is 4.78. The van der Waals surface area contributed by atoms with E-state index in [0.29, 0.717) is 5.75 Å². The third kappa shape index (κ3) is 10.7. The van der Waals surface area contributed by atoms with Gasteiger partial charge >= 0.3 is 0 Å². The van der Waals surface area contributed by atoms with Crippen molar-refractivity contribution in [3.63, 3.8) is 0 Å². The largest absolute Gasteiger partial charge is 0.504 e. The molecule has 0 aromatic heterocycles. The molecule has 2 rings (SSSR count). The summed E-state index contributed by atoms with van der Waals surface area (Å²) in [5.41, 5.74) is 5.32. The molecule has 0 radical (unpaired) electrons. The molecule has 35 heavy (non-hydrogen) atoms. The molecule has 0 heterocycles. The first-order chi connectivity index (χ1) is 17.1. The molecular weight excluding hydrogens is 428 g/mol. The summed E-state index contributed by atoms with van der Waals surface area (Å²) in [4.78, 5) is 0. The van der Waals surface area contributed by atoms with Gasteiger partial charge in [0.25, 0.3) is 0 Å². The molecule has 0 aliphatic rings. The molecule has 0 aliphatic heterocycles. The van der Waals surface area contributed by atoms with E-state index < -0.39 is 0 Å². The number of rotatable bonds is 19. The van der Waals surface area contributed by atoms with Crippen LogP contribution < -0.4 is 4.74 Å². The Morgan fingerprint density at radius 2 is 1.06 bits per heavy atom. The summed E-state index contributed by atoms with van der Waals surface area (Å²) in [6.07, 6.45) is 20.5. The molecule has 196 valence electrons. The summed E-state index contributed by atoms with van der Waals surface area (Å²) < 4.78 is 6.59. The molecule has 2 heteroatoms. The van der Waals surface area contributed by atoms with Crippen molar-refractivity contribution in [2.24, 2.45) is 0 Å². The van der Waals surface area contributed by atoms with E-state index in [4.69, 9.17) is 4.74 Å². The zero-order valence-electron chi connectivity index (χ0n) is 23.3. The van der Waals surface area contributed by atoms with Gasteiger partial charge in [-0.3, -0.25) is 0 Å². The van der Waals surface area contributed by atoms with Crippen LogP contribution in [0.1, 0.15) is 133 Å². The molecule has 0 amide bonds. The van der Waals surface area contributed by atoms with Gasteiger partial charge in [-0.1, -0.05) is 104 Å². The molecule has 0 bridgehead atoms. The molecule has 2 aromatic carbocycles. The molecule has 0 saturated heterocycles. The minimum Gasteiger partial charge on any atom is -0.504 e. The lowest BCUT2D eigenvalue weighted by atomic mass is 9.95. The van der Waals surface area contributed by atoms with Gasteiger partial charge in [0, 0.05) is 0 Å². The van der Waals surface area contributed by atoms with Crippen molar-refractivity contribution < 1.29 is 9.84 Å². The van der Waals surface area contributed by atoms with Crippen molar-refractivity contribution in [2.75, 3.05) is 0 Å². The lowest BCUT2D eigenvalue weighted by Gasteiger charge is -2.19. The number of aryl methyl sites for hydroxylation is 4. The maximum atomic E-state index is 10.7. The average molecular weight is 481 g/mol. The fraction of sp³-hybridized carbons (Fsp3) is 0.636. The standard InChI is InChI=1S/C33H52O2/c1-5-9-13-14-15-16-17-19-27-22-23-31(34)32(26-27)35-33-29(20-11-7-3)24-28(18-10-6-2)25-30(33)21-12-8-4/h22-26,34H,5-21H2,1-4H3. The van der Waals surface area contributed by atoms with E-state index in [1.54, 1.807) is 0 Å². The van der Waals surface area contributed by atoms with Crippen LogP contribution in [0, 0.1) is 0 Å². The Morgan fingerprint density at radius 1 is 0.543 bits per heavy atom. The van der Waals surface area contributed by atoms with Crippen molar-refractivity contribution in [3.8, 4) is 17.2 Å². The first-order valence-corrected chi connectivity index (χ1v) is 14.8. The van der Waals surface area contributed by atoms with E-state index in [1.807, 2.05) is 6.07 Å². The molecule has 0 fully saturated rings. The maximum Gasteiger partial charge on any atom is 0.169 e. The summed E-state index contributed by atoms with van der Waals surface area (Å²) >= 11 is 0. The van der Waals surface area contributed by atoms with Gasteiger partial charge in [-0.2, -0.15) is 0 Å². The lowest BCUT2D eigenvalue weighted by molar-refractivity contribution is 0.405. The summed E-state index contributed by atoms with van der Waals surface area (Å²) in [6.45, 7) is 9.03. The second-order valence-electron chi connectivity index (χ2n) is 10.3. The number of unbranched alkanes of at least 4 members (excludes halogenated alkanes) is 9. The highest BCUT2D eigenvalue weighted by Crippen LogP contribution is 2.38. The van der Waals surface area contributed by atoms with Crippen molar-refractivity contribution in [1.29, 1.82) is 0 Å². The quantitative estimate of drug-likeness (QED) is 0.203. The van der Waals surface area contributed by atoms with Gasteiger partial charge in [-0.25, -0.2) is 0 Å². The zero-order valence-corrected chi connectivity index (χ0v) is 23.3. The predicted octanol–water partition coefficient (Wildman–Crippen LogP) is 10.5. The van der Waals surface area contributed by atoms with Crippen molar-refractivity contribution in [2.45, 2.75) is 137 Å². The van der Waals surface area contributed by atoms with Gasteiger partial charge in [-0.15, -0.1) is 0 Å². The number of benzene rings is 2. The predicted molar refractivity (Wildman–Crippen MR) is 152 cm³/mol. The van der Waals surface area contributed by atoms with Gasteiger partial charge in [0.05, 0.1) is 0 Å². The third-order valence-electron chi connectivity index (χ3n) is 7.03. The zero-order chi connectivity index (χ0) is 25.3. The van der Waals surface area contributed by atoms with Crippen LogP contribution in [0.2, 0.25) is 0 Å². The van der Waals surface area contributed by atoms with Crippen LogP contribution in [-0.2, 0) is 25.7 Å². The SMILES string of the molecule is CCCCCCCCCc1ccc(O)c(Oc2c(CCCC)cc(CCCC)cc2CCCC)c1. The van der Waals surface area contributed by atoms with Crippen LogP contribution in [-0.4, -0.2) is 5.11 Å². The van der Waals surface area contributed by atoms with Crippen LogP contribution in [0.15, 0.2) is 30.3 Å². The molecule has 2 nitrogen and oxygen atoms in total. The Balaban J connectivity index is 2.21. The first kappa shape index (κ1) is 29.3. The van der Waals surface area contributed by atoms with Crippen LogP contribution in [0.3, 0.4) is 0 Å². The van der Waals surface area contributed by atoms with Gasteiger partial charge in [0.2, 0.25) is 0 Å². The highest BCUT2D eigenvalue weighted by molar-refractivity contribution is 5.51. The van der Waals surface area contributed by atoms with Crippen LogP contribution in [0.5, 0.6) is 17.2 Å². The van der Waals surface area contributed by atoms with Crippen molar-refractivity contribution >= 4 is 0 Å². The lowest BCUT2D eigenvalue weighted by Crippen LogP contribution is -2.02. The van der Waals surface area contributed by atoms with Gasteiger partial charge in [0.15, 0.2) is 11.5 Å². The third-order valence-corrected chi connectivity index (χ3v) is 7.03. The number of aromatic hydroxyl groups is 1. The number of ether oxygens (including phenoxy) is 1. The second-order valence-corrected chi connectivity index (χ2v) is 10.3. The monoisotopic (exact) mass is 480 g/mol. The second kappa shape index (κ2) is 17.5. The van der Waals surface area contributed by atoms with Crippen molar-refractivity contribution in [3.05, 3.63) is 52.6 Å². The molecule has 0 unspecified atom stereocenters. The Morgan fingerprint density at radius 3 is 1.66 bits per heavy atom. The molecule has 2 aromatic rings. The van der Waals surface area contributed by atoms with E-state index in [9.17, 15) is 5.11 Å². The Bertz CT molecular complexity index is 810. The topological polar surface area (TPSA) is 29.5 Å². The highest BCUT2D eigenvalue weighted by atomic mass is 16.5. The Hall–Kier alpha value is -1.96. The van der Waals surface area contributed by atoms with E-state index in [-0.39, 0.29) is 5.75 Å². The number of hydrogen-bond donors (Lipinski definition) is 1. The summed E-state index contributed by atoms with van der Waals surface area (Å²) in [5.74, 6) is 1.85. The molecule has 0 atom stereocenters. The smallest absolute Gasteiger partial charge is 0.169 e. The van der Waals surface area contributed by atoms with Gasteiger partial charge in [-0.05, 0) is 85.8 Å². The van der Waals surface area contributed by atoms with E-state index in [1.165, 1.54) is 92.9 Å². The van der Waals surface area contributed by atoms with Gasteiger partial charge in [0.1, 0.15) is 5.75 Å². The van der Waals surface area contributed by atoms with E-state index >= 15 is 0 Å².